The number of hydrogen-bond donors (Lipinski definition) is 1. The highest BCUT2D eigenvalue weighted by Crippen LogP contribution is 2.16. The van der Waals surface area contributed by atoms with Crippen LogP contribution in [0.3, 0.4) is 0 Å². The smallest absolute Gasteiger partial charge is 0.306 e. The number of rotatable bonds is 6. The molecule has 0 amide bonds. The average Bonchev–Trinajstić information content (AvgIpc) is 2.44. The van der Waals surface area contributed by atoms with E-state index < -0.39 is 0 Å². The number of ether oxygens (including phenoxy) is 1. The van der Waals surface area contributed by atoms with Gasteiger partial charge in [0.1, 0.15) is 6.61 Å². The van der Waals surface area contributed by atoms with Crippen LogP contribution in [0.5, 0.6) is 0 Å². The predicted octanol–water partition coefficient (Wildman–Crippen LogP) is 3.60. The number of benzene rings is 1. The molecule has 0 spiro atoms. The van der Waals surface area contributed by atoms with Crippen LogP contribution in [0.25, 0.3) is 5.57 Å². The summed E-state index contributed by atoms with van der Waals surface area (Å²) >= 11 is 5.83. The Bertz CT molecular complexity index is 511. The second-order valence-electron chi connectivity index (χ2n) is 4.43. The minimum atomic E-state index is -0.260. The number of esters is 1. The summed E-state index contributed by atoms with van der Waals surface area (Å²) in [6, 6.07) is 7.34. The Balaban J connectivity index is 2.82. The minimum Gasteiger partial charge on any atom is -0.460 e. The van der Waals surface area contributed by atoms with E-state index in [1.54, 1.807) is 12.1 Å². The Hall–Kier alpha value is -1.54. The maximum absolute atomic E-state index is 11.3. The zero-order chi connectivity index (χ0) is 15.0. The predicted molar refractivity (Wildman–Crippen MR) is 80.5 cm³/mol. The van der Waals surface area contributed by atoms with Crippen molar-refractivity contribution in [2.75, 3.05) is 13.2 Å². The van der Waals surface area contributed by atoms with Crippen molar-refractivity contribution in [3.8, 4) is 0 Å². The monoisotopic (exact) mass is 294 g/mol. The van der Waals surface area contributed by atoms with Gasteiger partial charge in [-0.1, -0.05) is 30.7 Å². The molecule has 20 heavy (non-hydrogen) atoms. The third kappa shape index (κ3) is 5.62. The summed E-state index contributed by atoms with van der Waals surface area (Å²) in [4.78, 5) is 11.3. The van der Waals surface area contributed by atoms with Gasteiger partial charge in [0.2, 0.25) is 0 Å². The molecule has 4 heteroatoms. The Morgan fingerprint density at radius 2 is 2.00 bits per heavy atom. The van der Waals surface area contributed by atoms with Gasteiger partial charge in [-0.2, -0.15) is 0 Å². The Kier molecular flexibility index (Phi) is 7.10. The Morgan fingerprint density at radius 3 is 2.55 bits per heavy atom. The fraction of sp³-hybridized carbons (Fsp3) is 0.375. The molecular weight excluding hydrogens is 276 g/mol. The molecule has 0 fully saturated rings. The number of carbonyl (C=O) groups is 1. The number of aliphatic hydroxyl groups excluding tert-OH is 1. The lowest BCUT2D eigenvalue weighted by atomic mass is 10.1. The molecule has 1 aromatic carbocycles. The third-order valence-corrected chi connectivity index (χ3v) is 2.95. The van der Waals surface area contributed by atoms with Crippen LogP contribution in [0.2, 0.25) is 5.02 Å². The first-order valence-corrected chi connectivity index (χ1v) is 6.92. The van der Waals surface area contributed by atoms with E-state index in [1.165, 1.54) is 0 Å². The van der Waals surface area contributed by atoms with E-state index in [-0.39, 0.29) is 19.2 Å². The van der Waals surface area contributed by atoms with E-state index in [2.05, 4.69) is 5.73 Å². The topological polar surface area (TPSA) is 46.5 Å². The van der Waals surface area contributed by atoms with Gasteiger partial charge in [-0.3, -0.25) is 4.79 Å². The van der Waals surface area contributed by atoms with Crippen LogP contribution in [0, 0.1) is 0 Å². The molecule has 0 saturated carbocycles. The van der Waals surface area contributed by atoms with Crippen molar-refractivity contribution < 1.29 is 14.6 Å². The highest BCUT2D eigenvalue weighted by molar-refractivity contribution is 6.30. The van der Waals surface area contributed by atoms with Crippen LogP contribution in [0.1, 0.15) is 32.3 Å². The van der Waals surface area contributed by atoms with Gasteiger partial charge in [-0.25, -0.2) is 0 Å². The largest absolute Gasteiger partial charge is 0.460 e. The molecule has 0 unspecified atom stereocenters. The lowest BCUT2D eigenvalue weighted by molar-refractivity contribution is -0.142. The average molecular weight is 295 g/mol. The lowest BCUT2D eigenvalue weighted by Crippen LogP contribution is -2.08. The van der Waals surface area contributed by atoms with E-state index in [0.717, 1.165) is 17.6 Å². The summed E-state index contributed by atoms with van der Waals surface area (Å²) in [5, 5.41) is 9.95. The third-order valence-electron chi connectivity index (χ3n) is 2.69. The summed E-state index contributed by atoms with van der Waals surface area (Å²) in [7, 11) is 0. The number of halogens is 1. The van der Waals surface area contributed by atoms with E-state index >= 15 is 0 Å². The molecular formula is C16H19ClO3. The van der Waals surface area contributed by atoms with Crippen molar-refractivity contribution in [3.63, 3.8) is 0 Å². The quantitative estimate of drug-likeness (QED) is 0.644. The molecule has 0 radical (unpaired) electrons. The van der Waals surface area contributed by atoms with Gasteiger partial charge in [0.15, 0.2) is 0 Å². The fourth-order valence-electron chi connectivity index (χ4n) is 1.60. The van der Waals surface area contributed by atoms with Gasteiger partial charge >= 0.3 is 5.97 Å². The molecule has 1 rings (SSSR count). The summed E-state index contributed by atoms with van der Waals surface area (Å²) < 4.78 is 5.06. The van der Waals surface area contributed by atoms with Crippen molar-refractivity contribution in [2.45, 2.75) is 26.7 Å². The van der Waals surface area contributed by atoms with Crippen molar-refractivity contribution in [1.82, 2.24) is 0 Å². The van der Waals surface area contributed by atoms with Crippen molar-refractivity contribution in [2.24, 2.45) is 0 Å². The number of aliphatic hydroxyl groups is 1. The van der Waals surface area contributed by atoms with Gasteiger partial charge in [0, 0.05) is 17.0 Å². The van der Waals surface area contributed by atoms with Gasteiger partial charge in [-0.05, 0) is 36.6 Å². The van der Waals surface area contributed by atoms with Crippen molar-refractivity contribution in [3.05, 3.63) is 46.2 Å². The van der Waals surface area contributed by atoms with E-state index in [0.29, 0.717) is 17.0 Å². The molecule has 0 heterocycles. The Labute approximate surface area is 124 Å². The first kappa shape index (κ1) is 16.5. The number of carbonyl (C=O) groups excluding carboxylic acids is 1. The van der Waals surface area contributed by atoms with E-state index in [1.807, 2.05) is 26.0 Å². The van der Waals surface area contributed by atoms with Crippen LogP contribution in [-0.4, -0.2) is 24.3 Å². The molecule has 108 valence electrons. The molecule has 0 atom stereocenters. The molecule has 0 saturated heterocycles. The highest BCUT2D eigenvalue weighted by Gasteiger charge is 2.03. The standard InChI is InChI=1S/C16H19ClO3/c1-3-4-16(19)20-11-13(10-18)9-12(2)14-5-7-15(17)8-6-14/h5-8,18H,3-4,10-11H2,1-2H3. The van der Waals surface area contributed by atoms with E-state index in [4.69, 9.17) is 16.3 Å². The minimum absolute atomic E-state index is 0.0697. The fourth-order valence-corrected chi connectivity index (χ4v) is 1.73. The van der Waals surface area contributed by atoms with Gasteiger partial charge < -0.3 is 9.84 Å². The zero-order valence-electron chi connectivity index (χ0n) is 11.8. The van der Waals surface area contributed by atoms with Crippen LogP contribution >= 0.6 is 11.6 Å². The molecule has 0 aliphatic carbocycles. The zero-order valence-corrected chi connectivity index (χ0v) is 12.5. The molecule has 3 nitrogen and oxygen atoms in total. The second-order valence-corrected chi connectivity index (χ2v) is 4.87. The molecule has 1 N–H and O–H groups in total. The van der Waals surface area contributed by atoms with Crippen LogP contribution in [0.4, 0.5) is 0 Å². The maximum Gasteiger partial charge on any atom is 0.306 e. The molecule has 0 aliphatic rings. The Morgan fingerprint density at radius 1 is 1.35 bits per heavy atom. The first-order valence-electron chi connectivity index (χ1n) is 6.54. The lowest BCUT2D eigenvalue weighted by Gasteiger charge is -2.05. The van der Waals surface area contributed by atoms with Gasteiger partial charge in [0.05, 0.1) is 6.61 Å². The maximum atomic E-state index is 11.3. The highest BCUT2D eigenvalue weighted by atomic mass is 35.5. The summed E-state index contributed by atoms with van der Waals surface area (Å²) in [6.07, 6.45) is 1.13. The second kappa shape index (κ2) is 8.60. The van der Waals surface area contributed by atoms with Crippen molar-refractivity contribution in [1.29, 1.82) is 0 Å². The summed E-state index contributed by atoms with van der Waals surface area (Å²) in [5.41, 5.74) is 5.42. The number of hydrogen-bond acceptors (Lipinski definition) is 3. The van der Waals surface area contributed by atoms with Gasteiger partial charge in [0.25, 0.3) is 0 Å². The van der Waals surface area contributed by atoms with Crippen LogP contribution < -0.4 is 0 Å². The van der Waals surface area contributed by atoms with E-state index in [9.17, 15) is 9.90 Å². The first-order chi connectivity index (χ1) is 9.56. The molecule has 0 aliphatic heterocycles. The summed E-state index contributed by atoms with van der Waals surface area (Å²) in [6.45, 7) is 3.67. The molecule has 1 aromatic rings. The molecule has 0 aromatic heterocycles. The van der Waals surface area contributed by atoms with Crippen LogP contribution in [-0.2, 0) is 9.53 Å². The molecule has 0 bridgehead atoms. The van der Waals surface area contributed by atoms with Crippen molar-refractivity contribution >= 4 is 23.1 Å². The normalized spacial score (nSPS) is 9.80. The summed E-state index contributed by atoms with van der Waals surface area (Å²) in [5.74, 6) is -0.260. The van der Waals surface area contributed by atoms with Crippen LogP contribution in [0.15, 0.2) is 35.6 Å². The SMILES string of the molecule is CCCC(=O)OCC(=C=C(C)c1ccc(Cl)cc1)CO. The van der Waals surface area contributed by atoms with Gasteiger partial charge in [-0.15, -0.1) is 5.73 Å².